The minimum absolute atomic E-state index is 0.291. The first-order valence-corrected chi connectivity index (χ1v) is 5.96. The summed E-state index contributed by atoms with van der Waals surface area (Å²) >= 11 is 0. The molecule has 0 radical (unpaired) electrons. The highest BCUT2D eigenvalue weighted by Gasteiger charge is 2.08. The summed E-state index contributed by atoms with van der Waals surface area (Å²) in [7, 11) is 2.13. The van der Waals surface area contributed by atoms with Gasteiger partial charge < -0.3 is 10.0 Å². The minimum Gasteiger partial charge on any atom is -0.396 e. The van der Waals surface area contributed by atoms with E-state index < -0.39 is 0 Å². The zero-order valence-corrected chi connectivity index (χ0v) is 10.9. The first-order valence-electron chi connectivity index (χ1n) is 5.96. The Balaban J connectivity index is 2.78. The van der Waals surface area contributed by atoms with Gasteiger partial charge in [-0.25, -0.2) is 0 Å². The highest BCUT2D eigenvalue weighted by Crippen LogP contribution is 2.25. The monoisotopic (exact) mass is 221 g/mol. The zero-order valence-electron chi connectivity index (χ0n) is 10.9. The Morgan fingerprint density at radius 1 is 1.06 bits per heavy atom. The lowest BCUT2D eigenvalue weighted by atomic mass is 10.0. The molecule has 0 bridgehead atoms. The fourth-order valence-electron chi connectivity index (χ4n) is 2.35. The Bertz CT molecular complexity index is 324. The van der Waals surface area contributed by atoms with E-state index in [-0.39, 0.29) is 0 Å². The Morgan fingerprint density at radius 3 is 2.12 bits per heavy atom. The standard InChI is InChI=1S/C14H23NO/c1-11-9-12(2)14(13(3)10-11)15(4)7-5-6-8-16/h9-10,16H,5-8H2,1-4H3. The number of anilines is 1. The van der Waals surface area contributed by atoms with Gasteiger partial charge in [0.25, 0.3) is 0 Å². The van der Waals surface area contributed by atoms with Crippen molar-refractivity contribution in [2.75, 3.05) is 25.1 Å². The minimum atomic E-state index is 0.291. The van der Waals surface area contributed by atoms with Crippen molar-refractivity contribution in [2.24, 2.45) is 0 Å². The number of nitrogens with zero attached hydrogens (tertiary/aromatic N) is 1. The fraction of sp³-hybridized carbons (Fsp3) is 0.571. The number of benzene rings is 1. The van der Waals surface area contributed by atoms with E-state index in [0.717, 1.165) is 19.4 Å². The molecule has 0 aromatic heterocycles. The van der Waals surface area contributed by atoms with Crippen LogP contribution in [0.3, 0.4) is 0 Å². The molecule has 0 spiro atoms. The van der Waals surface area contributed by atoms with Crippen molar-refractivity contribution in [1.29, 1.82) is 0 Å². The molecule has 0 saturated carbocycles. The molecule has 1 rings (SSSR count). The smallest absolute Gasteiger partial charge is 0.0431 e. The van der Waals surface area contributed by atoms with Crippen LogP contribution in [0.4, 0.5) is 5.69 Å². The first-order chi connectivity index (χ1) is 7.56. The number of aliphatic hydroxyl groups excluding tert-OH is 1. The van der Waals surface area contributed by atoms with Crippen LogP contribution in [-0.2, 0) is 0 Å². The third-order valence-corrected chi connectivity index (χ3v) is 2.92. The van der Waals surface area contributed by atoms with Gasteiger partial charge in [-0.15, -0.1) is 0 Å². The molecule has 0 fully saturated rings. The average Bonchev–Trinajstić information content (AvgIpc) is 2.16. The van der Waals surface area contributed by atoms with E-state index >= 15 is 0 Å². The van der Waals surface area contributed by atoms with Crippen molar-refractivity contribution in [2.45, 2.75) is 33.6 Å². The summed E-state index contributed by atoms with van der Waals surface area (Å²) in [6, 6.07) is 4.45. The molecule has 0 heterocycles. The summed E-state index contributed by atoms with van der Waals surface area (Å²) in [5, 5.41) is 8.78. The predicted molar refractivity (Wildman–Crippen MR) is 70.2 cm³/mol. The Kier molecular flexibility index (Phi) is 4.81. The molecule has 0 saturated heterocycles. The number of aliphatic hydroxyl groups is 1. The van der Waals surface area contributed by atoms with Gasteiger partial charge in [-0.05, 0) is 44.7 Å². The number of unbranched alkanes of at least 4 members (excludes halogenated alkanes) is 1. The average molecular weight is 221 g/mol. The molecule has 1 aromatic carbocycles. The van der Waals surface area contributed by atoms with Gasteiger partial charge in [0.05, 0.1) is 0 Å². The van der Waals surface area contributed by atoms with Gasteiger partial charge in [-0.3, -0.25) is 0 Å². The Labute approximate surface area is 98.9 Å². The molecule has 2 nitrogen and oxygen atoms in total. The quantitative estimate of drug-likeness (QED) is 0.773. The Hall–Kier alpha value is -1.02. The maximum atomic E-state index is 8.78. The summed E-state index contributed by atoms with van der Waals surface area (Å²) in [6.07, 6.45) is 1.92. The molecule has 90 valence electrons. The van der Waals surface area contributed by atoms with E-state index in [9.17, 15) is 0 Å². The van der Waals surface area contributed by atoms with Gasteiger partial charge in [0.15, 0.2) is 0 Å². The normalized spacial score (nSPS) is 10.6. The Morgan fingerprint density at radius 2 is 1.62 bits per heavy atom. The molecule has 0 amide bonds. The molecule has 0 aliphatic heterocycles. The third-order valence-electron chi connectivity index (χ3n) is 2.92. The van der Waals surface area contributed by atoms with E-state index in [1.807, 2.05) is 0 Å². The van der Waals surface area contributed by atoms with E-state index in [2.05, 4.69) is 44.9 Å². The lowest BCUT2D eigenvalue weighted by Gasteiger charge is -2.24. The van der Waals surface area contributed by atoms with Crippen LogP contribution in [0.15, 0.2) is 12.1 Å². The van der Waals surface area contributed by atoms with Gasteiger partial charge in [0.1, 0.15) is 0 Å². The molecular weight excluding hydrogens is 198 g/mol. The predicted octanol–water partition coefficient (Wildman–Crippen LogP) is 2.82. The van der Waals surface area contributed by atoms with Gasteiger partial charge in [-0.1, -0.05) is 17.7 Å². The van der Waals surface area contributed by atoms with Crippen LogP contribution in [-0.4, -0.2) is 25.3 Å². The second-order valence-corrected chi connectivity index (χ2v) is 4.60. The van der Waals surface area contributed by atoms with Crippen molar-refractivity contribution in [1.82, 2.24) is 0 Å². The summed E-state index contributed by atoms with van der Waals surface area (Å²) < 4.78 is 0. The molecule has 0 aliphatic carbocycles. The summed E-state index contributed by atoms with van der Waals surface area (Å²) in [6.45, 7) is 7.76. The van der Waals surface area contributed by atoms with Crippen molar-refractivity contribution in [3.05, 3.63) is 28.8 Å². The van der Waals surface area contributed by atoms with Gasteiger partial charge >= 0.3 is 0 Å². The van der Waals surface area contributed by atoms with Crippen molar-refractivity contribution in [3.8, 4) is 0 Å². The second-order valence-electron chi connectivity index (χ2n) is 4.60. The topological polar surface area (TPSA) is 23.5 Å². The molecule has 16 heavy (non-hydrogen) atoms. The van der Waals surface area contributed by atoms with Gasteiger partial charge in [0.2, 0.25) is 0 Å². The van der Waals surface area contributed by atoms with Crippen molar-refractivity contribution in [3.63, 3.8) is 0 Å². The van der Waals surface area contributed by atoms with Crippen LogP contribution in [0.5, 0.6) is 0 Å². The SMILES string of the molecule is Cc1cc(C)c(N(C)CCCCO)c(C)c1. The van der Waals surface area contributed by atoms with Gasteiger partial charge in [0, 0.05) is 25.9 Å². The molecular formula is C14H23NO. The molecule has 0 aliphatic rings. The summed E-state index contributed by atoms with van der Waals surface area (Å²) in [5.74, 6) is 0. The number of aryl methyl sites for hydroxylation is 3. The fourth-order valence-corrected chi connectivity index (χ4v) is 2.35. The lowest BCUT2D eigenvalue weighted by Crippen LogP contribution is -2.20. The number of rotatable bonds is 5. The highest BCUT2D eigenvalue weighted by atomic mass is 16.2. The van der Waals surface area contributed by atoms with Crippen LogP contribution in [0.1, 0.15) is 29.5 Å². The lowest BCUT2D eigenvalue weighted by molar-refractivity contribution is 0.285. The molecule has 1 N–H and O–H groups in total. The van der Waals surface area contributed by atoms with Crippen molar-refractivity contribution >= 4 is 5.69 Å². The van der Waals surface area contributed by atoms with Crippen LogP contribution >= 0.6 is 0 Å². The zero-order chi connectivity index (χ0) is 12.1. The van der Waals surface area contributed by atoms with E-state index in [1.54, 1.807) is 0 Å². The van der Waals surface area contributed by atoms with Crippen LogP contribution in [0, 0.1) is 20.8 Å². The largest absolute Gasteiger partial charge is 0.396 e. The second kappa shape index (κ2) is 5.90. The maximum absolute atomic E-state index is 8.78. The van der Waals surface area contributed by atoms with Crippen LogP contribution < -0.4 is 4.90 Å². The number of hydrogen-bond acceptors (Lipinski definition) is 2. The molecule has 0 unspecified atom stereocenters. The van der Waals surface area contributed by atoms with Crippen molar-refractivity contribution < 1.29 is 5.11 Å². The summed E-state index contributed by atoms with van der Waals surface area (Å²) in [4.78, 5) is 2.29. The highest BCUT2D eigenvalue weighted by molar-refractivity contribution is 5.59. The maximum Gasteiger partial charge on any atom is 0.0431 e. The molecule has 0 atom stereocenters. The van der Waals surface area contributed by atoms with E-state index in [1.165, 1.54) is 22.4 Å². The van der Waals surface area contributed by atoms with E-state index in [4.69, 9.17) is 5.11 Å². The van der Waals surface area contributed by atoms with Crippen LogP contribution in [0.25, 0.3) is 0 Å². The van der Waals surface area contributed by atoms with Crippen LogP contribution in [0.2, 0.25) is 0 Å². The number of hydrogen-bond donors (Lipinski definition) is 1. The molecule has 1 aromatic rings. The third kappa shape index (κ3) is 3.24. The first kappa shape index (κ1) is 13.0. The van der Waals surface area contributed by atoms with Gasteiger partial charge in [-0.2, -0.15) is 0 Å². The van der Waals surface area contributed by atoms with E-state index in [0.29, 0.717) is 6.61 Å². The molecule has 2 heteroatoms. The summed E-state index contributed by atoms with van der Waals surface area (Å²) in [5.41, 5.74) is 5.33.